The van der Waals surface area contributed by atoms with Gasteiger partial charge in [-0.2, -0.15) is 9.40 Å². The Balaban J connectivity index is 1.15. The molecule has 1 atom stereocenters. The van der Waals surface area contributed by atoms with Crippen molar-refractivity contribution in [3.05, 3.63) is 93.9 Å². The molecule has 2 aliphatic rings. The van der Waals surface area contributed by atoms with E-state index in [9.17, 15) is 13.2 Å². The normalized spacial score (nSPS) is 16.2. The van der Waals surface area contributed by atoms with Crippen molar-refractivity contribution >= 4 is 38.6 Å². The van der Waals surface area contributed by atoms with Crippen LogP contribution in [0.1, 0.15) is 65.2 Å². The third-order valence-corrected chi connectivity index (χ3v) is 11.3. The number of nitrogens with one attached hydrogen (secondary N) is 2. The molecule has 12 heteroatoms. The van der Waals surface area contributed by atoms with Gasteiger partial charge in [0.2, 0.25) is 10.0 Å². The molecule has 0 spiro atoms. The molecule has 5 aromatic rings. The van der Waals surface area contributed by atoms with E-state index in [1.807, 2.05) is 68.4 Å². The van der Waals surface area contributed by atoms with Crippen LogP contribution in [0.4, 0.5) is 0 Å². The minimum Gasteiger partial charge on any atom is -0.342 e. The van der Waals surface area contributed by atoms with E-state index in [1.54, 1.807) is 6.07 Å². The summed E-state index contributed by atoms with van der Waals surface area (Å²) in [6, 6.07) is 18.9. The number of aromatic nitrogens is 4. The second-order valence-electron chi connectivity index (χ2n) is 13.4. The molecule has 2 N–H and O–H groups in total. The molecule has 0 saturated carbocycles. The van der Waals surface area contributed by atoms with E-state index in [1.165, 1.54) is 23.4 Å². The van der Waals surface area contributed by atoms with Gasteiger partial charge in [-0.05, 0) is 100 Å². The van der Waals surface area contributed by atoms with Gasteiger partial charge < -0.3 is 15.2 Å². The lowest BCUT2D eigenvalue weighted by molar-refractivity contribution is 0.0938. The van der Waals surface area contributed by atoms with Gasteiger partial charge in [0.1, 0.15) is 5.82 Å². The number of H-pyrrole nitrogens is 1. The largest absolute Gasteiger partial charge is 0.342 e. The number of amides is 1. The van der Waals surface area contributed by atoms with Gasteiger partial charge in [-0.15, -0.1) is 0 Å². The number of likely N-dealkylation sites (tertiary alicyclic amines) is 1. The summed E-state index contributed by atoms with van der Waals surface area (Å²) in [5.41, 5.74) is 8.64. The third kappa shape index (κ3) is 7.17. The number of hydrogen-bond donors (Lipinski definition) is 2. The zero-order valence-corrected chi connectivity index (χ0v) is 29.7. The fraction of sp³-hybridized carbons (Fsp3) is 0.378. The maximum Gasteiger partial charge on any atom is 0.251 e. The van der Waals surface area contributed by atoms with E-state index in [-0.39, 0.29) is 18.5 Å². The molecular formula is C37H42ClN7O3S. The van der Waals surface area contributed by atoms with Gasteiger partial charge in [-0.3, -0.25) is 9.48 Å². The fourth-order valence-electron chi connectivity index (χ4n) is 7.03. The molecule has 0 bridgehead atoms. The van der Waals surface area contributed by atoms with E-state index in [4.69, 9.17) is 16.7 Å². The number of hydrogen-bond acceptors (Lipinski definition) is 6. The molecule has 1 unspecified atom stereocenters. The molecule has 7 rings (SSSR count). The smallest absolute Gasteiger partial charge is 0.251 e. The van der Waals surface area contributed by atoms with Crippen molar-refractivity contribution in [3.63, 3.8) is 0 Å². The summed E-state index contributed by atoms with van der Waals surface area (Å²) in [4.78, 5) is 23.9. The molecule has 0 radical (unpaired) electrons. The molecular weight excluding hydrogens is 658 g/mol. The van der Waals surface area contributed by atoms with Crippen molar-refractivity contribution in [1.29, 1.82) is 0 Å². The summed E-state index contributed by atoms with van der Waals surface area (Å²) in [6.45, 7) is 8.78. The molecule has 10 nitrogen and oxygen atoms in total. The molecule has 49 heavy (non-hydrogen) atoms. The zero-order chi connectivity index (χ0) is 34.3. The lowest BCUT2D eigenvalue weighted by Crippen LogP contribution is -2.35. The van der Waals surface area contributed by atoms with E-state index in [2.05, 4.69) is 24.9 Å². The number of rotatable bonds is 10. The predicted molar refractivity (Wildman–Crippen MR) is 194 cm³/mol. The van der Waals surface area contributed by atoms with Crippen molar-refractivity contribution in [2.24, 2.45) is 0 Å². The summed E-state index contributed by atoms with van der Waals surface area (Å²) in [7, 11) is -3.37. The number of carbonyl (C=O) groups is 1. The monoisotopic (exact) mass is 699 g/mol. The van der Waals surface area contributed by atoms with Crippen molar-refractivity contribution in [1.82, 2.24) is 34.3 Å². The Morgan fingerprint density at radius 2 is 1.84 bits per heavy atom. The van der Waals surface area contributed by atoms with Crippen LogP contribution in [0.25, 0.3) is 33.4 Å². The second kappa shape index (κ2) is 13.7. The Hall–Kier alpha value is -4.03. The fourth-order valence-corrected chi connectivity index (χ4v) is 8.04. The van der Waals surface area contributed by atoms with Crippen LogP contribution in [-0.4, -0.2) is 75.7 Å². The van der Waals surface area contributed by atoms with E-state index in [0.717, 1.165) is 82.8 Å². The highest BCUT2D eigenvalue weighted by molar-refractivity contribution is 7.88. The maximum atomic E-state index is 13.4. The molecule has 256 valence electrons. The van der Waals surface area contributed by atoms with Crippen LogP contribution in [0.2, 0.25) is 5.02 Å². The van der Waals surface area contributed by atoms with Crippen LogP contribution in [0.5, 0.6) is 0 Å². The van der Waals surface area contributed by atoms with Gasteiger partial charge in [0.25, 0.3) is 5.91 Å². The zero-order valence-electron chi connectivity index (χ0n) is 28.2. The molecule has 1 amide bonds. The first-order valence-electron chi connectivity index (χ1n) is 17.0. The van der Waals surface area contributed by atoms with E-state index in [0.29, 0.717) is 29.4 Å². The summed E-state index contributed by atoms with van der Waals surface area (Å²) in [5, 5.41) is 8.71. The summed E-state index contributed by atoms with van der Waals surface area (Å²) >= 11 is 6.80. The van der Waals surface area contributed by atoms with Gasteiger partial charge in [0.05, 0.1) is 29.0 Å². The highest BCUT2D eigenvalue weighted by atomic mass is 35.5. The van der Waals surface area contributed by atoms with Gasteiger partial charge in [-0.1, -0.05) is 35.9 Å². The average Bonchev–Trinajstić information content (AvgIpc) is 3.84. The first kappa shape index (κ1) is 33.5. The van der Waals surface area contributed by atoms with E-state index < -0.39 is 10.0 Å². The number of aromatic amines is 1. The molecule has 2 aromatic heterocycles. The Morgan fingerprint density at radius 3 is 2.63 bits per heavy atom. The van der Waals surface area contributed by atoms with Crippen LogP contribution >= 0.6 is 11.6 Å². The molecule has 1 saturated heterocycles. The maximum absolute atomic E-state index is 13.4. The van der Waals surface area contributed by atoms with Crippen LogP contribution in [0.3, 0.4) is 0 Å². The average molecular weight is 700 g/mol. The molecule has 1 fully saturated rings. The highest BCUT2D eigenvalue weighted by Crippen LogP contribution is 2.36. The third-order valence-electron chi connectivity index (χ3n) is 9.70. The minimum atomic E-state index is -3.37. The lowest BCUT2D eigenvalue weighted by atomic mass is 9.97. The number of nitrogens with zero attached hydrogens (tertiary/aromatic N) is 5. The number of aryl methyl sites for hydroxylation is 2. The van der Waals surface area contributed by atoms with E-state index >= 15 is 0 Å². The van der Waals surface area contributed by atoms with Crippen LogP contribution in [0.15, 0.2) is 60.7 Å². The van der Waals surface area contributed by atoms with Crippen LogP contribution in [-0.2, 0) is 29.5 Å². The summed E-state index contributed by atoms with van der Waals surface area (Å²) in [6.07, 6.45) is 5.38. The predicted octanol–water partition coefficient (Wildman–Crippen LogP) is 6.35. The molecule has 0 aliphatic carbocycles. The number of imidazole rings is 1. The Kier molecular flexibility index (Phi) is 9.36. The summed E-state index contributed by atoms with van der Waals surface area (Å²) < 4.78 is 28.8. The van der Waals surface area contributed by atoms with Crippen LogP contribution in [0, 0.1) is 6.92 Å². The number of sulfonamides is 1. The molecule has 3 aromatic carbocycles. The standard InChI is InChI=1S/C37H42ClN7O3S/c1-24-10-13-32-33(20-24)41-36(40-32)25(2)39-37(46)28-9-6-8-26(21-28)29-22-27(11-12-31(29)38)35-30-23-44(49(3,47)48)19-14-34(30)45(42-35)18-7-17-43-15-4-5-16-43/h6,8-13,20-22,25H,4-5,7,14-19,23H2,1-3H3,(H,39,46)(H,40,41). The second-order valence-corrected chi connectivity index (χ2v) is 15.7. The lowest BCUT2D eigenvalue weighted by Gasteiger charge is -2.26. The van der Waals surface area contributed by atoms with Gasteiger partial charge in [0, 0.05) is 59.0 Å². The first-order valence-corrected chi connectivity index (χ1v) is 19.2. The minimum absolute atomic E-state index is 0.221. The number of fused-ring (bicyclic) bond motifs is 2. The SMILES string of the molecule is Cc1ccc2[nH]c(C(C)NC(=O)c3cccc(-c4cc(-c5nn(CCCN6CCCC6)c6c5CN(S(C)(=O)=O)CC6)ccc4Cl)c3)nc2c1. The van der Waals surface area contributed by atoms with Gasteiger partial charge >= 0.3 is 0 Å². The Bertz CT molecular complexity index is 2130. The summed E-state index contributed by atoms with van der Waals surface area (Å²) in [5.74, 6) is 0.468. The first-order chi connectivity index (χ1) is 23.5. The topological polar surface area (TPSA) is 116 Å². The van der Waals surface area contributed by atoms with Crippen LogP contribution < -0.4 is 5.32 Å². The van der Waals surface area contributed by atoms with Crippen molar-refractivity contribution in [2.75, 3.05) is 32.4 Å². The molecule has 4 heterocycles. The van der Waals surface area contributed by atoms with Gasteiger partial charge in [-0.25, -0.2) is 13.4 Å². The number of halogens is 1. The van der Waals surface area contributed by atoms with Crippen molar-refractivity contribution in [3.8, 4) is 22.4 Å². The molecule has 2 aliphatic heterocycles. The highest BCUT2D eigenvalue weighted by Gasteiger charge is 2.30. The number of benzene rings is 3. The van der Waals surface area contributed by atoms with Crippen molar-refractivity contribution in [2.45, 2.75) is 58.7 Å². The quantitative estimate of drug-likeness (QED) is 0.176. The van der Waals surface area contributed by atoms with Gasteiger partial charge in [0.15, 0.2) is 0 Å². The Labute approximate surface area is 292 Å². The van der Waals surface area contributed by atoms with Crippen molar-refractivity contribution < 1.29 is 13.2 Å². The number of carbonyl (C=O) groups excluding carboxylic acids is 1. The Morgan fingerprint density at radius 1 is 1.02 bits per heavy atom.